The number of nitrogens with zero attached hydrogens (tertiary/aromatic N) is 1. The van der Waals surface area contributed by atoms with Gasteiger partial charge in [-0.25, -0.2) is 4.98 Å². The van der Waals surface area contributed by atoms with Crippen LogP contribution < -0.4 is 9.88 Å². The molecule has 0 spiro atoms. The van der Waals surface area contributed by atoms with Crippen molar-refractivity contribution >= 4 is 35.1 Å². The molecule has 0 aromatic carbocycles. The second kappa shape index (κ2) is 2.61. The minimum Gasteiger partial charge on any atom is -0.242 e. The van der Waals surface area contributed by atoms with E-state index in [0.717, 1.165) is 16.8 Å². The molecule has 0 N–H and O–H groups in total. The lowest BCUT2D eigenvalue weighted by atomic mass is 10.2. The first-order valence-electron chi connectivity index (χ1n) is 3.55. The first-order valence-corrected chi connectivity index (χ1v) is 4.80. The van der Waals surface area contributed by atoms with Gasteiger partial charge in [0, 0.05) is 0 Å². The van der Waals surface area contributed by atoms with Gasteiger partial charge in [-0.15, -0.1) is 22.9 Å². The van der Waals surface area contributed by atoms with Crippen LogP contribution in [0.2, 0.25) is 0 Å². The molecule has 1 aromatic rings. The Morgan fingerprint density at radius 2 is 2.55 bits per heavy atom. The zero-order valence-electron chi connectivity index (χ0n) is 6.17. The normalized spacial score (nSPS) is 21.8. The molecular formula is C8H8ClNS. The monoisotopic (exact) mass is 185 g/mol. The van der Waals surface area contributed by atoms with Crippen molar-refractivity contribution in [2.24, 2.45) is 0 Å². The number of rotatable bonds is 0. The first kappa shape index (κ1) is 7.32. The number of hydrogen-bond acceptors (Lipinski definition) is 2. The summed E-state index contributed by atoms with van der Waals surface area (Å²) in [6.07, 6.45) is 5.11. The molecule has 0 amide bonds. The fourth-order valence-electron chi connectivity index (χ4n) is 1.18. The van der Waals surface area contributed by atoms with Gasteiger partial charge in [0.15, 0.2) is 0 Å². The smallest absolute Gasteiger partial charge is 0.0907 e. The quantitative estimate of drug-likeness (QED) is 0.551. The van der Waals surface area contributed by atoms with E-state index in [-0.39, 0.29) is 5.38 Å². The minimum absolute atomic E-state index is 0.169. The predicted octanol–water partition coefficient (Wildman–Crippen LogP) is 1.02. The minimum atomic E-state index is 0.169. The van der Waals surface area contributed by atoms with Crippen LogP contribution in [0.25, 0.3) is 12.2 Å². The molecule has 1 heterocycles. The highest BCUT2D eigenvalue weighted by Crippen LogP contribution is 2.07. The van der Waals surface area contributed by atoms with Gasteiger partial charge in [-0.3, -0.25) is 0 Å². The predicted molar refractivity (Wildman–Crippen MR) is 49.3 cm³/mol. The molecular weight excluding hydrogens is 178 g/mol. The third-order valence-corrected chi connectivity index (χ3v) is 2.91. The van der Waals surface area contributed by atoms with Crippen LogP contribution in [0.5, 0.6) is 0 Å². The third-order valence-electron chi connectivity index (χ3n) is 1.66. The van der Waals surface area contributed by atoms with Crippen molar-refractivity contribution in [3.05, 3.63) is 14.9 Å². The van der Waals surface area contributed by atoms with E-state index in [2.05, 4.69) is 17.1 Å². The van der Waals surface area contributed by atoms with E-state index in [0.29, 0.717) is 0 Å². The lowest BCUT2D eigenvalue weighted by Gasteiger charge is -1.99. The fraction of sp³-hybridized carbons (Fsp3) is 0.375. The Morgan fingerprint density at radius 1 is 1.73 bits per heavy atom. The summed E-state index contributed by atoms with van der Waals surface area (Å²) in [4.78, 5) is 4.36. The Labute approximate surface area is 74.0 Å². The van der Waals surface area contributed by atoms with Crippen LogP contribution in [0.1, 0.15) is 11.4 Å². The molecule has 1 nitrogen and oxygen atoms in total. The molecule has 2 rings (SSSR count). The van der Waals surface area contributed by atoms with Gasteiger partial charge < -0.3 is 0 Å². The highest BCUT2D eigenvalue weighted by Gasteiger charge is 2.05. The SMILES string of the molecule is Cc1nc2c(s1)=CC(Cl)CC=2. The van der Waals surface area contributed by atoms with E-state index in [1.807, 2.05) is 6.92 Å². The standard InChI is InChI=1S/C8H8ClNS/c1-5-10-7-3-2-6(9)4-8(7)11-5/h3-4,6H,2H2,1H3. The fourth-order valence-corrected chi connectivity index (χ4v) is 2.40. The van der Waals surface area contributed by atoms with E-state index in [4.69, 9.17) is 11.6 Å². The van der Waals surface area contributed by atoms with Crippen molar-refractivity contribution < 1.29 is 0 Å². The Kier molecular flexibility index (Phi) is 1.74. The van der Waals surface area contributed by atoms with Gasteiger partial charge >= 0.3 is 0 Å². The average Bonchev–Trinajstić information content (AvgIpc) is 2.27. The summed E-state index contributed by atoms with van der Waals surface area (Å²) < 4.78 is 1.23. The van der Waals surface area contributed by atoms with E-state index in [1.165, 1.54) is 4.53 Å². The van der Waals surface area contributed by atoms with Gasteiger partial charge in [0.2, 0.25) is 0 Å². The molecule has 0 aliphatic heterocycles. The molecule has 0 saturated carbocycles. The molecule has 1 unspecified atom stereocenters. The Balaban J connectivity index is 2.72. The lowest BCUT2D eigenvalue weighted by molar-refractivity contribution is 1.10. The second-order valence-electron chi connectivity index (χ2n) is 2.60. The van der Waals surface area contributed by atoms with Gasteiger partial charge in [0.1, 0.15) is 0 Å². The molecule has 0 fully saturated rings. The number of hydrogen-bond donors (Lipinski definition) is 0. The summed E-state index contributed by atoms with van der Waals surface area (Å²) in [7, 11) is 0. The molecule has 0 radical (unpaired) electrons. The Morgan fingerprint density at radius 3 is 3.36 bits per heavy atom. The summed E-state index contributed by atoms with van der Waals surface area (Å²) >= 11 is 7.66. The molecule has 0 bridgehead atoms. The van der Waals surface area contributed by atoms with Gasteiger partial charge in [-0.1, -0.05) is 6.08 Å². The zero-order valence-corrected chi connectivity index (χ0v) is 7.75. The van der Waals surface area contributed by atoms with Gasteiger partial charge in [-0.05, 0) is 19.4 Å². The topological polar surface area (TPSA) is 12.9 Å². The molecule has 58 valence electrons. The number of thiazole rings is 1. The Hall–Kier alpha value is -0.340. The van der Waals surface area contributed by atoms with E-state index >= 15 is 0 Å². The summed E-state index contributed by atoms with van der Waals surface area (Å²) in [6, 6.07) is 0. The number of aromatic nitrogens is 1. The maximum atomic E-state index is 5.95. The number of fused-ring (bicyclic) bond motifs is 1. The van der Waals surface area contributed by atoms with Crippen LogP contribution >= 0.6 is 22.9 Å². The van der Waals surface area contributed by atoms with Gasteiger partial charge in [-0.2, -0.15) is 0 Å². The van der Waals surface area contributed by atoms with Gasteiger partial charge in [0.25, 0.3) is 0 Å². The zero-order chi connectivity index (χ0) is 7.84. The van der Waals surface area contributed by atoms with Crippen molar-refractivity contribution in [1.82, 2.24) is 4.98 Å². The highest BCUT2D eigenvalue weighted by molar-refractivity contribution is 7.09. The van der Waals surface area contributed by atoms with Crippen LogP contribution in [-0.2, 0) is 0 Å². The summed E-state index contributed by atoms with van der Waals surface area (Å²) in [5, 5.41) is 2.40. The molecule has 3 heteroatoms. The molecule has 1 aliphatic carbocycles. The van der Waals surface area contributed by atoms with E-state index in [9.17, 15) is 0 Å². The van der Waals surface area contributed by atoms with Crippen LogP contribution in [-0.4, -0.2) is 10.4 Å². The van der Waals surface area contributed by atoms with Crippen LogP contribution in [0.15, 0.2) is 0 Å². The molecule has 1 aliphatic rings. The number of halogens is 1. The van der Waals surface area contributed by atoms with Crippen LogP contribution in [0.4, 0.5) is 0 Å². The summed E-state index contributed by atoms with van der Waals surface area (Å²) in [6.45, 7) is 2.02. The highest BCUT2D eigenvalue weighted by atomic mass is 35.5. The maximum absolute atomic E-state index is 5.95. The van der Waals surface area contributed by atoms with Gasteiger partial charge in [0.05, 0.1) is 20.3 Å². The second-order valence-corrected chi connectivity index (χ2v) is 4.40. The average molecular weight is 186 g/mol. The molecule has 1 atom stereocenters. The molecule has 0 saturated heterocycles. The Bertz CT molecular complexity index is 379. The number of alkyl halides is 1. The largest absolute Gasteiger partial charge is 0.242 e. The lowest BCUT2D eigenvalue weighted by Crippen LogP contribution is -2.26. The van der Waals surface area contributed by atoms with Crippen LogP contribution in [0, 0.1) is 6.92 Å². The first-order chi connectivity index (χ1) is 5.25. The molecule has 1 aromatic heterocycles. The summed E-state index contributed by atoms with van der Waals surface area (Å²) in [5.74, 6) is 0. The van der Waals surface area contributed by atoms with Crippen LogP contribution in [0.3, 0.4) is 0 Å². The molecule has 11 heavy (non-hydrogen) atoms. The van der Waals surface area contributed by atoms with Crippen molar-refractivity contribution in [1.29, 1.82) is 0 Å². The van der Waals surface area contributed by atoms with Crippen molar-refractivity contribution in [2.45, 2.75) is 18.7 Å². The van der Waals surface area contributed by atoms with Crippen molar-refractivity contribution in [3.63, 3.8) is 0 Å². The maximum Gasteiger partial charge on any atom is 0.0907 e. The summed E-state index contributed by atoms with van der Waals surface area (Å²) in [5.41, 5.74) is 0. The number of aryl methyl sites for hydroxylation is 1. The van der Waals surface area contributed by atoms with E-state index in [1.54, 1.807) is 11.3 Å². The van der Waals surface area contributed by atoms with E-state index < -0.39 is 0 Å². The third kappa shape index (κ3) is 1.33. The van der Waals surface area contributed by atoms with Crippen molar-refractivity contribution in [2.75, 3.05) is 0 Å². The van der Waals surface area contributed by atoms with Crippen molar-refractivity contribution in [3.8, 4) is 0 Å².